The third kappa shape index (κ3) is 5.58. The first-order valence-corrected chi connectivity index (χ1v) is 7.41. The zero-order valence-corrected chi connectivity index (χ0v) is 11.2. The van der Waals surface area contributed by atoms with Crippen LogP contribution in [-0.2, 0) is 10.8 Å². The Labute approximate surface area is 105 Å². The maximum Gasteiger partial charge on any atom is 0.123 e. The van der Waals surface area contributed by atoms with Crippen molar-refractivity contribution in [2.45, 2.75) is 13.3 Å². The molecule has 17 heavy (non-hydrogen) atoms. The minimum Gasteiger partial charge on any atom is -0.494 e. The monoisotopic (exact) mass is 256 g/mol. The molecule has 0 heterocycles. The molecule has 5 heteroatoms. The van der Waals surface area contributed by atoms with Crippen molar-refractivity contribution in [3.8, 4) is 5.75 Å². The average molecular weight is 256 g/mol. The molecule has 4 nitrogen and oxygen atoms in total. The van der Waals surface area contributed by atoms with Gasteiger partial charge in [-0.05, 0) is 19.4 Å². The second-order valence-corrected chi connectivity index (χ2v) is 5.34. The van der Waals surface area contributed by atoms with Gasteiger partial charge in [0.1, 0.15) is 5.75 Å². The molecule has 0 aromatic heterocycles. The fraction of sp³-hybridized carbons (Fsp3) is 0.500. The molecule has 1 rings (SSSR count). The van der Waals surface area contributed by atoms with E-state index in [4.69, 9.17) is 10.5 Å². The predicted molar refractivity (Wildman–Crippen MR) is 74.1 cm³/mol. The minimum atomic E-state index is -0.725. The Morgan fingerprint density at radius 1 is 1.41 bits per heavy atom. The summed E-state index contributed by atoms with van der Waals surface area (Å²) in [6.07, 6.45) is 2.59. The van der Waals surface area contributed by atoms with Gasteiger partial charge in [0.2, 0.25) is 0 Å². The molecule has 1 aromatic carbocycles. The molecule has 1 aromatic rings. The molecule has 1 atom stereocenters. The fourth-order valence-electron chi connectivity index (χ4n) is 1.48. The van der Waals surface area contributed by atoms with E-state index in [0.717, 1.165) is 24.4 Å². The summed E-state index contributed by atoms with van der Waals surface area (Å²) in [5.74, 6) is 1.49. The van der Waals surface area contributed by atoms with Crippen molar-refractivity contribution in [1.29, 1.82) is 0 Å². The smallest absolute Gasteiger partial charge is 0.123 e. The molecular weight excluding hydrogens is 236 g/mol. The highest BCUT2D eigenvalue weighted by Gasteiger charge is 1.99. The molecule has 0 bridgehead atoms. The fourth-order valence-corrected chi connectivity index (χ4v) is 2.03. The molecule has 1 unspecified atom stereocenters. The summed E-state index contributed by atoms with van der Waals surface area (Å²) in [5.41, 5.74) is 7.39. The Morgan fingerprint density at radius 3 is 2.82 bits per heavy atom. The summed E-state index contributed by atoms with van der Waals surface area (Å²) in [7, 11) is -0.725. The summed E-state index contributed by atoms with van der Waals surface area (Å²) in [5, 5.41) is 3.25. The van der Waals surface area contributed by atoms with Crippen LogP contribution >= 0.6 is 0 Å². The number of hydrogen-bond acceptors (Lipinski definition) is 4. The van der Waals surface area contributed by atoms with Crippen molar-refractivity contribution in [3.05, 3.63) is 18.2 Å². The Bertz CT molecular complexity index is 383. The van der Waals surface area contributed by atoms with E-state index >= 15 is 0 Å². The maximum atomic E-state index is 10.9. The van der Waals surface area contributed by atoms with E-state index in [0.29, 0.717) is 18.0 Å². The predicted octanol–water partition coefficient (Wildman–Crippen LogP) is 1.85. The van der Waals surface area contributed by atoms with E-state index in [1.165, 1.54) is 0 Å². The van der Waals surface area contributed by atoms with Gasteiger partial charge in [0.15, 0.2) is 0 Å². The molecule has 0 saturated carbocycles. The van der Waals surface area contributed by atoms with Gasteiger partial charge in [-0.15, -0.1) is 0 Å². The van der Waals surface area contributed by atoms with E-state index in [-0.39, 0.29) is 0 Å². The van der Waals surface area contributed by atoms with E-state index < -0.39 is 10.8 Å². The summed E-state index contributed by atoms with van der Waals surface area (Å²) < 4.78 is 16.3. The number of nitrogen functional groups attached to an aromatic ring is 1. The van der Waals surface area contributed by atoms with Crippen molar-refractivity contribution in [2.75, 3.05) is 36.2 Å². The summed E-state index contributed by atoms with van der Waals surface area (Å²) >= 11 is 0. The van der Waals surface area contributed by atoms with E-state index in [1.807, 2.05) is 19.1 Å². The average Bonchev–Trinajstić information content (AvgIpc) is 2.24. The lowest BCUT2D eigenvalue weighted by Crippen LogP contribution is -2.06. The summed E-state index contributed by atoms with van der Waals surface area (Å²) in [4.78, 5) is 0. The highest BCUT2D eigenvalue weighted by atomic mass is 32.2. The summed E-state index contributed by atoms with van der Waals surface area (Å²) in [6.45, 7) is 3.35. The molecule has 0 aliphatic carbocycles. The molecular formula is C12H20N2O2S. The van der Waals surface area contributed by atoms with Gasteiger partial charge in [0.05, 0.1) is 6.61 Å². The van der Waals surface area contributed by atoms with E-state index in [2.05, 4.69) is 5.32 Å². The van der Waals surface area contributed by atoms with Crippen LogP contribution in [0, 0.1) is 0 Å². The van der Waals surface area contributed by atoms with Crippen LogP contribution in [0.5, 0.6) is 5.75 Å². The molecule has 0 spiro atoms. The van der Waals surface area contributed by atoms with Crippen LogP contribution in [0.15, 0.2) is 18.2 Å². The molecule has 0 fully saturated rings. The highest BCUT2D eigenvalue weighted by Crippen LogP contribution is 2.22. The SMILES string of the molecule is CCOc1cc(N)cc(NCCCS(C)=O)c1. The van der Waals surface area contributed by atoms with Gasteiger partial charge in [-0.3, -0.25) is 4.21 Å². The number of ether oxygens (including phenoxy) is 1. The Kier molecular flexibility index (Phi) is 5.83. The first-order chi connectivity index (χ1) is 8.11. The third-order valence-electron chi connectivity index (χ3n) is 2.18. The second kappa shape index (κ2) is 7.17. The van der Waals surface area contributed by atoms with Crippen LogP contribution in [0.2, 0.25) is 0 Å². The van der Waals surface area contributed by atoms with Gasteiger partial charge in [-0.25, -0.2) is 0 Å². The molecule has 0 aliphatic rings. The lowest BCUT2D eigenvalue weighted by Gasteiger charge is -2.10. The Morgan fingerprint density at radius 2 is 2.18 bits per heavy atom. The molecule has 0 amide bonds. The van der Waals surface area contributed by atoms with Crippen molar-refractivity contribution >= 4 is 22.2 Å². The van der Waals surface area contributed by atoms with Crippen LogP contribution < -0.4 is 15.8 Å². The number of anilines is 2. The van der Waals surface area contributed by atoms with Crippen molar-refractivity contribution in [3.63, 3.8) is 0 Å². The topological polar surface area (TPSA) is 64.3 Å². The zero-order valence-electron chi connectivity index (χ0n) is 10.4. The maximum absolute atomic E-state index is 10.9. The van der Waals surface area contributed by atoms with E-state index in [9.17, 15) is 4.21 Å². The second-order valence-electron chi connectivity index (χ2n) is 3.78. The molecule has 0 aliphatic heterocycles. The van der Waals surface area contributed by atoms with Crippen LogP contribution in [0.4, 0.5) is 11.4 Å². The molecule has 0 saturated heterocycles. The Balaban J connectivity index is 2.49. The normalized spacial score (nSPS) is 12.1. The van der Waals surface area contributed by atoms with E-state index in [1.54, 1.807) is 12.3 Å². The van der Waals surface area contributed by atoms with Gasteiger partial charge >= 0.3 is 0 Å². The largest absolute Gasteiger partial charge is 0.494 e. The third-order valence-corrected chi connectivity index (χ3v) is 3.04. The van der Waals surface area contributed by atoms with Crippen molar-refractivity contribution in [2.24, 2.45) is 0 Å². The number of hydrogen-bond donors (Lipinski definition) is 2. The minimum absolute atomic E-state index is 0.623. The molecule has 3 N–H and O–H groups in total. The van der Waals surface area contributed by atoms with Gasteiger partial charge in [-0.2, -0.15) is 0 Å². The number of nitrogens with two attached hydrogens (primary N) is 1. The molecule has 0 radical (unpaired) electrons. The molecule has 96 valence electrons. The number of nitrogens with one attached hydrogen (secondary N) is 1. The van der Waals surface area contributed by atoms with Crippen LogP contribution in [0.3, 0.4) is 0 Å². The first-order valence-electron chi connectivity index (χ1n) is 5.69. The van der Waals surface area contributed by atoms with Gasteiger partial charge in [-0.1, -0.05) is 0 Å². The summed E-state index contributed by atoms with van der Waals surface area (Å²) in [6, 6.07) is 5.59. The lowest BCUT2D eigenvalue weighted by atomic mass is 10.2. The van der Waals surface area contributed by atoms with Crippen molar-refractivity contribution < 1.29 is 8.95 Å². The lowest BCUT2D eigenvalue weighted by molar-refractivity contribution is 0.340. The quantitative estimate of drug-likeness (QED) is 0.577. The number of rotatable bonds is 7. The standard InChI is InChI=1S/C12H20N2O2S/c1-3-16-12-8-10(13)7-11(9-12)14-5-4-6-17(2)15/h7-9,14H,3-6,13H2,1-2H3. The highest BCUT2D eigenvalue weighted by molar-refractivity contribution is 7.84. The Hall–Kier alpha value is -1.23. The van der Waals surface area contributed by atoms with Gasteiger partial charge in [0.25, 0.3) is 0 Å². The van der Waals surface area contributed by atoms with Crippen LogP contribution in [0.1, 0.15) is 13.3 Å². The van der Waals surface area contributed by atoms with Crippen LogP contribution in [-0.4, -0.2) is 29.4 Å². The number of benzene rings is 1. The van der Waals surface area contributed by atoms with Crippen molar-refractivity contribution in [1.82, 2.24) is 0 Å². The van der Waals surface area contributed by atoms with Gasteiger partial charge < -0.3 is 15.8 Å². The van der Waals surface area contributed by atoms with Gasteiger partial charge in [0, 0.05) is 52.9 Å². The zero-order chi connectivity index (χ0) is 12.7. The first kappa shape index (κ1) is 13.8. The van der Waals surface area contributed by atoms with Crippen LogP contribution in [0.25, 0.3) is 0 Å².